The first-order valence-corrected chi connectivity index (χ1v) is 7.95. The number of nitrogens with zero attached hydrogens (tertiary/aromatic N) is 2. The zero-order valence-electron chi connectivity index (χ0n) is 10.5. The van der Waals surface area contributed by atoms with Gasteiger partial charge >= 0.3 is 0 Å². The van der Waals surface area contributed by atoms with E-state index in [1.54, 1.807) is 17.4 Å². The van der Waals surface area contributed by atoms with Gasteiger partial charge < -0.3 is 5.32 Å². The molecule has 1 aromatic carbocycles. The molecule has 3 heterocycles. The number of aromatic nitrogens is 2. The molecule has 0 spiro atoms. The van der Waals surface area contributed by atoms with Crippen LogP contribution in [0, 0.1) is 0 Å². The normalized spacial score (nSPS) is 14.7. The van der Waals surface area contributed by atoms with Crippen molar-refractivity contribution in [2.75, 3.05) is 6.54 Å². The molecule has 0 fully saturated rings. The van der Waals surface area contributed by atoms with Crippen LogP contribution in [0.4, 0.5) is 0 Å². The molecule has 1 N–H and O–H groups in total. The van der Waals surface area contributed by atoms with Crippen LogP contribution in [0.15, 0.2) is 24.4 Å². The zero-order valence-corrected chi connectivity index (χ0v) is 12.8. The fraction of sp³-hybridized carbons (Fsp3) is 0.214. The molecule has 20 heavy (non-hydrogen) atoms. The highest BCUT2D eigenvalue weighted by atomic mass is 35.5. The van der Waals surface area contributed by atoms with Crippen molar-refractivity contribution in [3.8, 4) is 11.3 Å². The van der Waals surface area contributed by atoms with Crippen molar-refractivity contribution >= 4 is 39.5 Å². The Morgan fingerprint density at radius 3 is 3.05 bits per heavy atom. The second kappa shape index (κ2) is 4.74. The van der Waals surface area contributed by atoms with Crippen LogP contribution in [0.25, 0.3) is 16.2 Å². The van der Waals surface area contributed by atoms with Crippen LogP contribution in [-0.2, 0) is 13.0 Å². The van der Waals surface area contributed by atoms with Crippen molar-refractivity contribution in [1.82, 2.24) is 14.7 Å². The molecule has 3 nitrogen and oxygen atoms in total. The average molecular weight is 324 g/mol. The molecule has 3 aromatic rings. The van der Waals surface area contributed by atoms with Gasteiger partial charge in [-0.05, 0) is 18.2 Å². The summed E-state index contributed by atoms with van der Waals surface area (Å²) in [6.45, 7) is 1.97. The van der Waals surface area contributed by atoms with E-state index in [4.69, 9.17) is 28.2 Å². The summed E-state index contributed by atoms with van der Waals surface area (Å²) >= 11 is 13.9. The zero-order chi connectivity index (χ0) is 13.7. The predicted octanol–water partition coefficient (Wildman–Crippen LogP) is 4.02. The lowest BCUT2D eigenvalue weighted by Gasteiger charge is -2.11. The Kier molecular flexibility index (Phi) is 3.00. The first-order valence-electron chi connectivity index (χ1n) is 6.38. The Morgan fingerprint density at radius 2 is 2.20 bits per heavy atom. The van der Waals surface area contributed by atoms with Gasteiger partial charge in [-0.2, -0.15) is 0 Å². The Labute approximate surface area is 130 Å². The third-order valence-electron chi connectivity index (χ3n) is 3.53. The molecular formula is C14H11Cl2N3S. The molecule has 0 unspecified atom stereocenters. The molecule has 6 heteroatoms. The summed E-state index contributed by atoms with van der Waals surface area (Å²) in [6, 6.07) is 5.52. The predicted molar refractivity (Wildman–Crippen MR) is 83.9 cm³/mol. The molecule has 0 aliphatic carbocycles. The highest BCUT2D eigenvalue weighted by molar-refractivity contribution is 7.17. The van der Waals surface area contributed by atoms with Gasteiger partial charge in [-0.3, -0.25) is 4.40 Å². The Hall–Kier alpha value is -1.07. The number of nitrogens with one attached hydrogen (secondary N) is 1. The van der Waals surface area contributed by atoms with Crippen LogP contribution in [0.2, 0.25) is 10.0 Å². The molecule has 0 saturated carbocycles. The van der Waals surface area contributed by atoms with Crippen molar-refractivity contribution in [1.29, 1.82) is 0 Å². The number of benzene rings is 1. The van der Waals surface area contributed by atoms with E-state index in [0.717, 1.165) is 35.7 Å². The largest absolute Gasteiger partial charge is 0.311 e. The van der Waals surface area contributed by atoms with E-state index in [-0.39, 0.29) is 0 Å². The van der Waals surface area contributed by atoms with E-state index in [1.165, 1.54) is 10.6 Å². The van der Waals surface area contributed by atoms with Gasteiger partial charge in [0.05, 0.1) is 10.7 Å². The molecule has 1 aliphatic heterocycles. The lowest BCUT2D eigenvalue weighted by Crippen LogP contribution is -2.23. The molecule has 4 rings (SSSR count). The molecule has 2 aromatic heterocycles. The summed E-state index contributed by atoms with van der Waals surface area (Å²) in [4.78, 5) is 7.11. The van der Waals surface area contributed by atoms with Crippen LogP contribution in [0.3, 0.4) is 0 Å². The van der Waals surface area contributed by atoms with Gasteiger partial charge in [-0.1, -0.05) is 34.5 Å². The van der Waals surface area contributed by atoms with E-state index in [1.807, 2.05) is 12.1 Å². The van der Waals surface area contributed by atoms with Crippen LogP contribution in [0.1, 0.15) is 10.6 Å². The van der Waals surface area contributed by atoms with Crippen LogP contribution < -0.4 is 5.32 Å². The molecular weight excluding hydrogens is 313 g/mol. The Balaban J connectivity index is 1.87. The van der Waals surface area contributed by atoms with Gasteiger partial charge in [-0.15, -0.1) is 0 Å². The van der Waals surface area contributed by atoms with E-state index in [0.29, 0.717) is 10.0 Å². The lowest BCUT2D eigenvalue weighted by molar-refractivity contribution is 0.638. The summed E-state index contributed by atoms with van der Waals surface area (Å²) in [5.41, 5.74) is 3.20. The molecule has 0 saturated heterocycles. The number of imidazole rings is 1. The molecule has 1 aliphatic rings. The summed E-state index contributed by atoms with van der Waals surface area (Å²) < 4.78 is 2.20. The second-order valence-electron chi connectivity index (χ2n) is 4.80. The van der Waals surface area contributed by atoms with Crippen molar-refractivity contribution in [2.24, 2.45) is 0 Å². The standard InChI is InChI=1S/C14H11Cl2N3S/c15-8-1-2-9(10(16)5-8)11-7-19-12-3-4-17-6-13(12)20-14(19)18-11/h1-2,5,7,17H,3-4,6H2. The van der Waals surface area contributed by atoms with Gasteiger partial charge in [0.15, 0.2) is 4.96 Å². The topological polar surface area (TPSA) is 29.3 Å². The number of rotatable bonds is 1. The van der Waals surface area contributed by atoms with Crippen molar-refractivity contribution in [3.05, 3.63) is 45.0 Å². The highest BCUT2D eigenvalue weighted by Crippen LogP contribution is 2.33. The summed E-state index contributed by atoms with van der Waals surface area (Å²) in [5.74, 6) is 0. The maximum absolute atomic E-state index is 6.26. The summed E-state index contributed by atoms with van der Waals surface area (Å²) in [7, 11) is 0. The van der Waals surface area contributed by atoms with Crippen LogP contribution in [-0.4, -0.2) is 15.9 Å². The lowest BCUT2D eigenvalue weighted by atomic mass is 10.1. The number of fused-ring (bicyclic) bond motifs is 3. The minimum atomic E-state index is 0.638. The Bertz CT molecular complexity index is 806. The first kappa shape index (κ1) is 12.7. The number of hydrogen-bond donors (Lipinski definition) is 1. The molecule has 0 atom stereocenters. The quantitative estimate of drug-likeness (QED) is 0.733. The molecule has 0 radical (unpaired) electrons. The SMILES string of the molecule is Clc1ccc(-c2cn3c4c(sc3n2)CNCC4)c(Cl)c1. The van der Waals surface area contributed by atoms with E-state index in [9.17, 15) is 0 Å². The maximum atomic E-state index is 6.26. The first-order chi connectivity index (χ1) is 9.72. The average Bonchev–Trinajstić information content (AvgIpc) is 2.96. The van der Waals surface area contributed by atoms with Gasteiger partial charge in [0.2, 0.25) is 0 Å². The highest BCUT2D eigenvalue weighted by Gasteiger charge is 2.18. The summed E-state index contributed by atoms with van der Waals surface area (Å²) in [6.07, 6.45) is 3.12. The molecule has 102 valence electrons. The van der Waals surface area contributed by atoms with E-state index < -0.39 is 0 Å². The van der Waals surface area contributed by atoms with E-state index >= 15 is 0 Å². The number of halogens is 2. The third kappa shape index (κ3) is 1.95. The van der Waals surface area contributed by atoms with Crippen molar-refractivity contribution in [2.45, 2.75) is 13.0 Å². The number of hydrogen-bond acceptors (Lipinski definition) is 3. The second-order valence-corrected chi connectivity index (χ2v) is 6.71. The van der Waals surface area contributed by atoms with Crippen molar-refractivity contribution in [3.63, 3.8) is 0 Å². The van der Waals surface area contributed by atoms with Crippen LogP contribution >= 0.6 is 34.5 Å². The van der Waals surface area contributed by atoms with Gasteiger partial charge in [0, 0.05) is 46.9 Å². The van der Waals surface area contributed by atoms with Gasteiger partial charge in [0.25, 0.3) is 0 Å². The Morgan fingerprint density at radius 1 is 1.30 bits per heavy atom. The smallest absolute Gasteiger partial charge is 0.194 e. The maximum Gasteiger partial charge on any atom is 0.194 e. The molecule has 0 bridgehead atoms. The monoisotopic (exact) mass is 323 g/mol. The van der Waals surface area contributed by atoms with Gasteiger partial charge in [-0.25, -0.2) is 4.98 Å². The fourth-order valence-corrected chi connectivity index (χ4v) is 4.19. The number of thiazole rings is 1. The minimum Gasteiger partial charge on any atom is -0.311 e. The third-order valence-corrected chi connectivity index (χ3v) is 5.18. The van der Waals surface area contributed by atoms with Crippen LogP contribution in [0.5, 0.6) is 0 Å². The fourth-order valence-electron chi connectivity index (χ4n) is 2.57. The molecule has 0 amide bonds. The summed E-state index contributed by atoms with van der Waals surface area (Å²) in [5, 5.41) is 4.67. The minimum absolute atomic E-state index is 0.638. The van der Waals surface area contributed by atoms with Crippen molar-refractivity contribution < 1.29 is 0 Å². The van der Waals surface area contributed by atoms with Gasteiger partial charge in [0.1, 0.15) is 0 Å². The van der Waals surface area contributed by atoms with E-state index in [2.05, 4.69) is 15.9 Å².